The molecule has 0 aliphatic heterocycles. The number of nitrogens with zero attached hydrogens (tertiary/aromatic N) is 1. The SMILES string of the molecule is CO[C@@H]1[C@@H](C)[C@H](NC(=O)NCCCC(=O)N(C)C)C1(C)C. The van der Waals surface area contributed by atoms with Gasteiger partial charge in [-0.3, -0.25) is 4.79 Å². The lowest BCUT2D eigenvalue weighted by Gasteiger charge is -2.56. The second-order valence-corrected chi connectivity index (χ2v) is 6.61. The van der Waals surface area contributed by atoms with Crippen molar-refractivity contribution < 1.29 is 14.3 Å². The van der Waals surface area contributed by atoms with Gasteiger partial charge in [-0.05, 0) is 6.42 Å². The van der Waals surface area contributed by atoms with Gasteiger partial charge in [0, 0.05) is 51.5 Å². The van der Waals surface area contributed by atoms with Gasteiger partial charge in [-0.15, -0.1) is 0 Å². The van der Waals surface area contributed by atoms with Crippen LogP contribution in [0.15, 0.2) is 0 Å². The molecule has 3 atom stereocenters. The van der Waals surface area contributed by atoms with Crippen molar-refractivity contribution in [3.63, 3.8) is 0 Å². The summed E-state index contributed by atoms with van der Waals surface area (Å²) >= 11 is 0. The van der Waals surface area contributed by atoms with Gasteiger partial charge < -0.3 is 20.3 Å². The molecule has 0 spiro atoms. The van der Waals surface area contributed by atoms with E-state index in [4.69, 9.17) is 4.74 Å². The quantitative estimate of drug-likeness (QED) is 0.724. The van der Waals surface area contributed by atoms with E-state index in [0.717, 1.165) is 0 Å². The fraction of sp³-hybridized carbons (Fsp3) is 0.867. The molecule has 1 aliphatic rings. The summed E-state index contributed by atoms with van der Waals surface area (Å²) in [6.45, 7) is 6.78. The molecule has 0 unspecified atom stereocenters. The molecular formula is C15H29N3O3. The number of methoxy groups -OCH3 is 1. The molecule has 0 saturated heterocycles. The van der Waals surface area contributed by atoms with Gasteiger partial charge in [0.15, 0.2) is 0 Å². The van der Waals surface area contributed by atoms with E-state index in [1.807, 2.05) is 0 Å². The lowest BCUT2D eigenvalue weighted by molar-refractivity contribution is -0.140. The average Bonchev–Trinajstić information content (AvgIpc) is 2.40. The molecule has 122 valence electrons. The van der Waals surface area contributed by atoms with Crippen LogP contribution in [0.1, 0.15) is 33.6 Å². The van der Waals surface area contributed by atoms with Crippen molar-refractivity contribution in [1.29, 1.82) is 0 Å². The highest BCUT2D eigenvalue weighted by molar-refractivity contribution is 5.76. The molecule has 2 N–H and O–H groups in total. The van der Waals surface area contributed by atoms with Crippen molar-refractivity contribution >= 4 is 11.9 Å². The standard InChI is InChI=1S/C15H29N3O3/c1-10-12(15(2,3)13(10)21-6)17-14(20)16-9-7-8-11(19)18(4)5/h10,12-13H,7-9H2,1-6H3,(H2,16,17,20)/t10-,12-,13+/m0/s1. The summed E-state index contributed by atoms with van der Waals surface area (Å²) in [5.41, 5.74) is -0.0631. The normalized spacial score (nSPS) is 26.7. The maximum Gasteiger partial charge on any atom is 0.315 e. The van der Waals surface area contributed by atoms with E-state index in [9.17, 15) is 9.59 Å². The van der Waals surface area contributed by atoms with Gasteiger partial charge in [-0.2, -0.15) is 0 Å². The zero-order chi connectivity index (χ0) is 16.2. The predicted octanol–water partition coefficient (Wildman–Crippen LogP) is 1.21. The van der Waals surface area contributed by atoms with E-state index in [1.165, 1.54) is 0 Å². The van der Waals surface area contributed by atoms with Crippen LogP contribution in [0.5, 0.6) is 0 Å². The number of hydrogen-bond acceptors (Lipinski definition) is 3. The number of rotatable bonds is 6. The van der Waals surface area contributed by atoms with Crippen LogP contribution >= 0.6 is 0 Å². The highest BCUT2D eigenvalue weighted by Crippen LogP contribution is 2.46. The summed E-state index contributed by atoms with van der Waals surface area (Å²) in [5, 5.41) is 5.81. The van der Waals surface area contributed by atoms with Crippen LogP contribution in [0.4, 0.5) is 4.79 Å². The van der Waals surface area contributed by atoms with Crippen molar-refractivity contribution in [1.82, 2.24) is 15.5 Å². The summed E-state index contributed by atoms with van der Waals surface area (Å²) < 4.78 is 5.46. The monoisotopic (exact) mass is 299 g/mol. The molecule has 0 radical (unpaired) electrons. The molecule has 1 saturated carbocycles. The summed E-state index contributed by atoms with van der Waals surface area (Å²) in [7, 11) is 5.17. The number of urea groups is 1. The Labute approximate surface area is 127 Å². The third kappa shape index (κ3) is 4.09. The second-order valence-electron chi connectivity index (χ2n) is 6.61. The van der Waals surface area contributed by atoms with Gasteiger partial charge >= 0.3 is 6.03 Å². The molecule has 21 heavy (non-hydrogen) atoms. The number of carbonyl (C=O) groups excluding carboxylic acids is 2. The highest BCUT2D eigenvalue weighted by atomic mass is 16.5. The highest BCUT2D eigenvalue weighted by Gasteiger charge is 2.55. The molecule has 1 fully saturated rings. The van der Waals surface area contributed by atoms with Crippen molar-refractivity contribution in [2.75, 3.05) is 27.7 Å². The topological polar surface area (TPSA) is 70.7 Å². The minimum Gasteiger partial charge on any atom is -0.380 e. The Kier molecular flexibility index (Phi) is 6.01. The predicted molar refractivity (Wildman–Crippen MR) is 82.0 cm³/mol. The minimum atomic E-state index is -0.174. The number of hydrogen-bond donors (Lipinski definition) is 2. The van der Waals surface area contributed by atoms with Crippen molar-refractivity contribution in [2.24, 2.45) is 11.3 Å². The average molecular weight is 299 g/mol. The molecule has 6 heteroatoms. The summed E-state index contributed by atoms with van der Waals surface area (Å²) in [4.78, 5) is 24.9. The molecule has 3 amide bonds. The Balaban J connectivity index is 2.27. The summed E-state index contributed by atoms with van der Waals surface area (Å²) in [6, 6.07) is -0.0716. The zero-order valence-electron chi connectivity index (χ0n) is 14.0. The van der Waals surface area contributed by atoms with Crippen LogP contribution in [-0.2, 0) is 9.53 Å². The smallest absolute Gasteiger partial charge is 0.315 e. The summed E-state index contributed by atoms with van der Waals surface area (Å²) in [6.07, 6.45) is 1.26. The van der Waals surface area contributed by atoms with E-state index >= 15 is 0 Å². The van der Waals surface area contributed by atoms with Gasteiger partial charge in [0.1, 0.15) is 0 Å². The minimum absolute atomic E-state index is 0.0631. The van der Waals surface area contributed by atoms with Gasteiger partial charge in [0.2, 0.25) is 5.91 Å². The van der Waals surface area contributed by atoms with Gasteiger partial charge in [0.25, 0.3) is 0 Å². The largest absolute Gasteiger partial charge is 0.380 e. The van der Waals surface area contributed by atoms with E-state index < -0.39 is 0 Å². The van der Waals surface area contributed by atoms with Crippen LogP contribution in [-0.4, -0.2) is 56.7 Å². The first-order chi connectivity index (χ1) is 9.71. The number of amides is 3. The molecule has 0 aromatic rings. The summed E-state index contributed by atoms with van der Waals surface area (Å²) in [5.74, 6) is 0.375. The van der Waals surface area contributed by atoms with Crippen molar-refractivity contribution in [2.45, 2.75) is 45.8 Å². The third-order valence-electron chi connectivity index (χ3n) is 4.43. The molecule has 0 heterocycles. The zero-order valence-corrected chi connectivity index (χ0v) is 14.0. The first-order valence-electron chi connectivity index (χ1n) is 7.49. The Morgan fingerprint density at radius 3 is 2.38 bits per heavy atom. The molecule has 0 aromatic heterocycles. The van der Waals surface area contributed by atoms with Crippen LogP contribution in [0.2, 0.25) is 0 Å². The van der Waals surface area contributed by atoms with Crippen LogP contribution in [0.25, 0.3) is 0 Å². The Bertz CT molecular complexity index is 382. The van der Waals surface area contributed by atoms with E-state index in [0.29, 0.717) is 25.3 Å². The lowest BCUT2D eigenvalue weighted by atomic mass is 9.58. The van der Waals surface area contributed by atoms with Gasteiger partial charge in [-0.1, -0.05) is 20.8 Å². The van der Waals surface area contributed by atoms with Crippen molar-refractivity contribution in [3.8, 4) is 0 Å². The molecular weight excluding hydrogens is 270 g/mol. The molecule has 0 aromatic carbocycles. The van der Waals surface area contributed by atoms with Crippen LogP contribution < -0.4 is 10.6 Å². The second kappa shape index (κ2) is 7.11. The number of nitrogens with one attached hydrogen (secondary N) is 2. The van der Waals surface area contributed by atoms with Crippen LogP contribution in [0, 0.1) is 11.3 Å². The van der Waals surface area contributed by atoms with Gasteiger partial charge in [0.05, 0.1) is 6.10 Å². The maximum absolute atomic E-state index is 11.9. The molecule has 1 aliphatic carbocycles. The van der Waals surface area contributed by atoms with Gasteiger partial charge in [-0.25, -0.2) is 4.79 Å². The Morgan fingerprint density at radius 2 is 1.90 bits per heavy atom. The Hall–Kier alpha value is -1.30. The number of carbonyl (C=O) groups is 2. The molecule has 0 bridgehead atoms. The fourth-order valence-corrected chi connectivity index (χ4v) is 3.28. The van der Waals surface area contributed by atoms with Crippen LogP contribution in [0.3, 0.4) is 0 Å². The van der Waals surface area contributed by atoms with Crippen molar-refractivity contribution in [3.05, 3.63) is 0 Å². The first-order valence-corrected chi connectivity index (χ1v) is 7.49. The fourth-order valence-electron chi connectivity index (χ4n) is 3.28. The van der Waals surface area contributed by atoms with E-state index in [-0.39, 0.29) is 29.5 Å². The van der Waals surface area contributed by atoms with E-state index in [1.54, 1.807) is 26.1 Å². The third-order valence-corrected chi connectivity index (χ3v) is 4.43. The lowest BCUT2D eigenvalue weighted by Crippen LogP contribution is -2.68. The number of ether oxygens (including phenoxy) is 1. The maximum atomic E-state index is 11.9. The molecule has 1 rings (SSSR count). The van der Waals surface area contributed by atoms with E-state index in [2.05, 4.69) is 31.4 Å². The first kappa shape index (κ1) is 17.8. The molecule has 6 nitrogen and oxygen atoms in total. The Morgan fingerprint density at radius 1 is 1.29 bits per heavy atom.